The summed E-state index contributed by atoms with van der Waals surface area (Å²) in [6.07, 6.45) is 2.70. The van der Waals surface area contributed by atoms with Crippen molar-refractivity contribution in [3.63, 3.8) is 0 Å². The van der Waals surface area contributed by atoms with Crippen molar-refractivity contribution in [1.82, 2.24) is 0 Å². The fourth-order valence-electron chi connectivity index (χ4n) is 0.403. The summed E-state index contributed by atoms with van der Waals surface area (Å²) in [4.78, 5) is 0. The Kier molecular flexibility index (Phi) is 8.64. The molecule has 0 unspecified atom stereocenters. The van der Waals surface area contributed by atoms with Crippen LogP contribution >= 0.6 is 27.7 Å². The van der Waals surface area contributed by atoms with Gasteiger partial charge in [0, 0.05) is 11.1 Å². The second-order valence-corrected chi connectivity index (χ2v) is 3.67. The third kappa shape index (κ3) is 6.83. The van der Waals surface area contributed by atoms with Gasteiger partial charge in [0.1, 0.15) is 0 Å². The van der Waals surface area contributed by atoms with Crippen LogP contribution in [-0.2, 0) is 0 Å². The van der Waals surface area contributed by atoms with Crippen molar-refractivity contribution in [2.75, 3.05) is 16.8 Å². The van der Waals surface area contributed by atoms with Gasteiger partial charge in [0.25, 0.3) is 0 Å². The Morgan fingerprint density at radius 3 is 2.62 bits per heavy atom. The summed E-state index contributed by atoms with van der Waals surface area (Å²) in [6, 6.07) is 0. The molecule has 0 N–H and O–H groups in total. The van der Waals surface area contributed by atoms with Crippen LogP contribution in [0.2, 0.25) is 0 Å². The second kappa shape index (κ2) is 7.83. The molecule has 0 spiro atoms. The van der Waals surface area contributed by atoms with Crippen LogP contribution in [0.15, 0.2) is 0 Å². The summed E-state index contributed by atoms with van der Waals surface area (Å²) in [5.41, 5.74) is 0. The molecule has 50 valence electrons. The van der Waals surface area contributed by atoms with Gasteiger partial charge in [-0.2, -0.15) is 11.8 Å². The van der Waals surface area contributed by atoms with E-state index in [0.29, 0.717) is 0 Å². The molecule has 0 bridgehead atoms. The quantitative estimate of drug-likeness (QED) is 0.482. The van der Waals surface area contributed by atoms with Gasteiger partial charge in [-0.3, -0.25) is 0 Å². The van der Waals surface area contributed by atoms with Crippen LogP contribution in [0.25, 0.3) is 0 Å². The highest BCUT2D eigenvalue weighted by atomic mass is 79.9. The van der Waals surface area contributed by atoms with Crippen LogP contribution < -0.4 is 0 Å². The topological polar surface area (TPSA) is 0 Å². The van der Waals surface area contributed by atoms with Crippen molar-refractivity contribution >= 4 is 27.7 Å². The number of alkyl halides is 1. The van der Waals surface area contributed by atoms with Gasteiger partial charge in [-0.25, -0.2) is 0 Å². The maximum absolute atomic E-state index is 3.38. The fourth-order valence-corrected chi connectivity index (χ4v) is 1.90. The molecule has 0 rings (SSSR count). The Hall–Kier alpha value is 0.830. The molecule has 0 nitrogen and oxygen atoms in total. The van der Waals surface area contributed by atoms with Crippen LogP contribution in [0, 0.1) is 0 Å². The molecular weight excluding hydrogens is 184 g/mol. The second-order valence-electron chi connectivity index (χ2n) is 1.65. The van der Waals surface area contributed by atoms with E-state index in [0.717, 1.165) is 5.33 Å². The number of rotatable bonds is 5. The molecule has 0 aromatic rings. The fraction of sp³-hybridized carbons (Fsp3) is 1.00. The minimum absolute atomic E-state index is 1.14. The number of halogens is 1. The van der Waals surface area contributed by atoms with Crippen molar-refractivity contribution in [2.45, 2.75) is 19.8 Å². The van der Waals surface area contributed by atoms with E-state index in [1.54, 1.807) is 0 Å². The van der Waals surface area contributed by atoms with E-state index in [-0.39, 0.29) is 0 Å². The molecule has 8 heavy (non-hydrogen) atoms. The van der Waals surface area contributed by atoms with Gasteiger partial charge in [0.15, 0.2) is 0 Å². The van der Waals surface area contributed by atoms with Gasteiger partial charge >= 0.3 is 0 Å². The van der Waals surface area contributed by atoms with Crippen LogP contribution in [0.3, 0.4) is 0 Å². The highest BCUT2D eigenvalue weighted by Gasteiger charge is 1.83. The van der Waals surface area contributed by atoms with Gasteiger partial charge < -0.3 is 0 Å². The van der Waals surface area contributed by atoms with Crippen LogP contribution in [0.5, 0.6) is 0 Å². The molecule has 0 aliphatic heterocycles. The van der Waals surface area contributed by atoms with Crippen molar-refractivity contribution in [3.8, 4) is 0 Å². The predicted molar refractivity (Wildman–Crippen MR) is 46.0 cm³/mol. The Bertz CT molecular complexity index is 33.5. The zero-order chi connectivity index (χ0) is 6.24. The number of hydrogen-bond acceptors (Lipinski definition) is 1. The normalized spacial score (nSPS) is 9.75. The van der Waals surface area contributed by atoms with Crippen LogP contribution in [0.1, 0.15) is 19.8 Å². The zero-order valence-electron chi connectivity index (χ0n) is 5.32. The summed E-state index contributed by atoms with van der Waals surface area (Å²) >= 11 is 5.41. The lowest BCUT2D eigenvalue weighted by atomic mass is 10.4. The molecule has 0 saturated heterocycles. The molecule has 0 fully saturated rings. The molecule has 0 heterocycles. The molecule has 0 aliphatic rings. The Morgan fingerprint density at radius 2 is 2.12 bits per heavy atom. The summed E-state index contributed by atoms with van der Waals surface area (Å²) in [5, 5.41) is 1.14. The lowest BCUT2D eigenvalue weighted by molar-refractivity contribution is 0.896. The van der Waals surface area contributed by atoms with Gasteiger partial charge in [-0.1, -0.05) is 29.3 Å². The van der Waals surface area contributed by atoms with Crippen molar-refractivity contribution < 1.29 is 0 Å². The largest absolute Gasteiger partial charge is 0.161 e. The monoisotopic (exact) mass is 196 g/mol. The van der Waals surface area contributed by atoms with Crippen LogP contribution in [-0.4, -0.2) is 16.8 Å². The van der Waals surface area contributed by atoms with E-state index < -0.39 is 0 Å². The lowest BCUT2D eigenvalue weighted by Gasteiger charge is -1.93. The Balaban J connectivity index is 2.53. The first-order valence-electron chi connectivity index (χ1n) is 3.05. The van der Waals surface area contributed by atoms with Gasteiger partial charge in [-0.05, 0) is 12.2 Å². The van der Waals surface area contributed by atoms with Gasteiger partial charge in [0.2, 0.25) is 0 Å². The van der Waals surface area contributed by atoms with Gasteiger partial charge in [0.05, 0.1) is 0 Å². The molecule has 0 amide bonds. The third-order valence-corrected chi connectivity index (χ3v) is 2.86. The molecule has 0 aromatic carbocycles. The number of hydrogen-bond donors (Lipinski definition) is 0. The first-order valence-corrected chi connectivity index (χ1v) is 5.33. The van der Waals surface area contributed by atoms with Crippen molar-refractivity contribution in [2.24, 2.45) is 0 Å². The maximum atomic E-state index is 3.38. The van der Waals surface area contributed by atoms with E-state index in [4.69, 9.17) is 0 Å². The minimum atomic E-state index is 1.14. The lowest BCUT2D eigenvalue weighted by Crippen LogP contribution is -1.81. The molecule has 0 aliphatic carbocycles. The summed E-state index contributed by atoms with van der Waals surface area (Å²) in [6.45, 7) is 2.23. The first-order chi connectivity index (χ1) is 3.91. The van der Waals surface area contributed by atoms with Gasteiger partial charge in [-0.15, -0.1) is 0 Å². The molecule has 0 saturated carbocycles. The van der Waals surface area contributed by atoms with E-state index in [1.165, 1.54) is 24.3 Å². The van der Waals surface area contributed by atoms with E-state index in [2.05, 4.69) is 22.9 Å². The van der Waals surface area contributed by atoms with E-state index >= 15 is 0 Å². The standard InChI is InChI=1S/C6H13BrS/c1-2-3-5-8-6-4-7/h2-6H2,1H3. The third-order valence-electron chi connectivity index (χ3n) is 0.864. The average Bonchev–Trinajstić information content (AvgIpc) is 1.81. The molecular formula is C6H13BrS. The van der Waals surface area contributed by atoms with Crippen molar-refractivity contribution in [3.05, 3.63) is 0 Å². The Morgan fingerprint density at radius 1 is 1.38 bits per heavy atom. The summed E-state index contributed by atoms with van der Waals surface area (Å²) in [5.74, 6) is 2.60. The number of unbranched alkanes of at least 4 members (excludes halogenated alkanes) is 1. The van der Waals surface area contributed by atoms with E-state index in [9.17, 15) is 0 Å². The highest BCUT2D eigenvalue weighted by molar-refractivity contribution is 9.09. The molecule has 0 radical (unpaired) electrons. The predicted octanol–water partition coefficient (Wildman–Crippen LogP) is 2.91. The smallest absolute Gasteiger partial charge is 0.0122 e. The number of thioether (sulfide) groups is 1. The molecule has 0 aromatic heterocycles. The van der Waals surface area contributed by atoms with E-state index in [1.807, 2.05) is 11.8 Å². The minimum Gasteiger partial charge on any atom is -0.161 e. The Labute approximate surface area is 64.6 Å². The summed E-state index contributed by atoms with van der Waals surface area (Å²) < 4.78 is 0. The van der Waals surface area contributed by atoms with Crippen LogP contribution in [0.4, 0.5) is 0 Å². The average molecular weight is 197 g/mol. The zero-order valence-corrected chi connectivity index (χ0v) is 7.72. The first kappa shape index (κ1) is 8.83. The summed E-state index contributed by atoms with van der Waals surface area (Å²) in [7, 11) is 0. The molecule has 2 heteroatoms. The van der Waals surface area contributed by atoms with Crippen molar-refractivity contribution in [1.29, 1.82) is 0 Å². The maximum Gasteiger partial charge on any atom is 0.0122 e. The highest BCUT2D eigenvalue weighted by Crippen LogP contribution is 2.04. The molecule has 0 atom stereocenters. The SMILES string of the molecule is CCCCSCCBr.